The number of fused-ring (bicyclic) bond motifs is 1. The predicted octanol–water partition coefficient (Wildman–Crippen LogP) is 2.56. The third-order valence-corrected chi connectivity index (χ3v) is 5.38. The fourth-order valence-electron chi connectivity index (χ4n) is 3.53. The van der Waals surface area contributed by atoms with Crippen molar-refractivity contribution in [3.05, 3.63) is 33.7 Å². The highest BCUT2D eigenvalue weighted by Gasteiger charge is 2.51. The fourth-order valence-corrected chi connectivity index (χ4v) is 4.40. The summed E-state index contributed by atoms with van der Waals surface area (Å²) in [5, 5.41) is 5.98. The number of ketones is 1. The van der Waals surface area contributed by atoms with Gasteiger partial charge in [-0.15, -0.1) is 16.4 Å². The van der Waals surface area contributed by atoms with E-state index in [0.29, 0.717) is 30.1 Å². The first-order chi connectivity index (χ1) is 10.5. The lowest BCUT2D eigenvalue weighted by molar-refractivity contribution is -0.123. The Labute approximate surface area is 132 Å². The first-order valence-corrected chi connectivity index (χ1v) is 8.19. The monoisotopic (exact) mass is 316 g/mol. The lowest BCUT2D eigenvalue weighted by atomic mass is 9.69. The second-order valence-electron chi connectivity index (χ2n) is 6.78. The highest BCUT2D eigenvalue weighted by atomic mass is 32.1. The first kappa shape index (κ1) is 13.7. The van der Waals surface area contributed by atoms with Crippen LogP contribution >= 0.6 is 11.3 Å². The van der Waals surface area contributed by atoms with Crippen LogP contribution in [0.15, 0.2) is 33.9 Å². The maximum Gasteiger partial charge on any atom is 0.253 e. The number of amides is 1. The number of hydrazone groups is 1. The minimum Gasteiger partial charge on any atom is -0.444 e. The summed E-state index contributed by atoms with van der Waals surface area (Å²) in [5.41, 5.74) is 3.03. The second kappa shape index (κ2) is 4.52. The van der Waals surface area contributed by atoms with Gasteiger partial charge in [-0.3, -0.25) is 9.59 Å². The molecule has 3 aliphatic rings. The molecule has 0 saturated heterocycles. The average Bonchev–Trinajstić information content (AvgIpc) is 3.05. The number of nitrogens with one attached hydrogen (secondary N) is 1. The molecular formula is C16H16N2O3S. The van der Waals surface area contributed by atoms with E-state index in [1.165, 1.54) is 0 Å². The highest BCUT2D eigenvalue weighted by Crippen LogP contribution is 2.49. The zero-order valence-corrected chi connectivity index (χ0v) is 13.2. The highest BCUT2D eigenvalue weighted by molar-refractivity contribution is 7.10. The summed E-state index contributed by atoms with van der Waals surface area (Å²) in [4.78, 5) is 25.9. The molecule has 1 aliphatic carbocycles. The summed E-state index contributed by atoms with van der Waals surface area (Å²) in [6.45, 7) is 4.12. The van der Waals surface area contributed by atoms with Gasteiger partial charge >= 0.3 is 0 Å². The molecule has 114 valence electrons. The Hall–Kier alpha value is -1.95. The van der Waals surface area contributed by atoms with Gasteiger partial charge in [0.05, 0.1) is 0 Å². The minimum atomic E-state index is -0.525. The van der Waals surface area contributed by atoms with E-state index in [1.807, 2.05) is 17.5 Å². The van der Waals surface area contributed by atoms with Crippen molar-refractivity contribution >= 4 is 28.9 Å². The van der Waals surface area contributed by atoms with Crippen molar-refractivity contribution in [1.29, 1.82) is 0 Å². The van der Waals surface area contributed by atoms with Crippen molar-refractivity contribution in [2.75, 3.05) is 0 Å². The Morgan fingerprint density at radius 2 is 2.14 bits per heavy atom. The molecule has 5 nitrogen and oxygen atoms in total. The van der Waals surface area contributed by atoms with E-state index in [9.17, 15) is 9.59 Å². The zero-order chi connectivity index (χ0) is 15.5. The van der Waals surface area contributed by atoms with Crippen LogP contribution in [0.3, 0.4) is 0 Å². The Bertz CT molecular complexity index is 731. The normalized spacial score (nSPS) is 29.5. The quantitative estimate of drug-likeness (QED) is 0.866. The van der Waals surface area contributed by atoms with E-state index in [-0.39, 0.29) is 23.0 Å². The molecule has 1 aromatic rings. The van der Waals surface area contributed by atoms with Gasteiger partial charge in [-0.1, -0.05) is 19.9 Å². The maximum atomic E-state index is 12.7. The summed E-state index contributed by atoms with van der Waals surface area (Å²) in [5.74, 6) is 0.177. The Kier molecular flexibility index (Phi) is 2.81. The van der Waals surface area contributed by atoms with E-state index in [1.54, 1.807) is 11.3 Å². The first-order valence-electron chi connectivity index (χ1n) is 7.31. The molecule has 2 unspecified atom stereocenters. The Morgan fingerprint density at radius 3 is 2.86 bits per heavy atom. The zero-order valence-electron chi connectivity index (χ0n) is 12.4. The fraction of sp³-hybridized carbons (Fsp3) is 0.438. The predicted molar refractivity (Wildman–Crippen MR) is 82.3 cm³/mol. The number of carbonyl (C=O) groups excluding carboxylic acids is 2. The van der Waals surface area contributed by atoms with Crippen LogP contribution in [0.1, 0.15) is 37.5 Å². The van der Waals surface area contributed by atoms with Crippen molar-refractivity contribution in [2.24, 2.45) is 16.4 Å². The number of nitrogens with zero attached hydrogens (tertiary/aromatic N) is 1. The molecule has 4 rings (SSSR count). The number of carbonyl (C=O) groups is 2. The molecule has 0 bridgehead atoms. The topological polar surface area (TPSA) is 67.8 Å². The molecule has 0 radical (unpaired) electrons. The number of allylic oxidation sites excluding steroid dienone is 2. The van der Waals surface area contributed by atoms with Crippen LogP contribution in [0.2, 0.25) is 0 Å². The molecule has 0 saturated carbocycles. The molecule has 2 atom stereocenters. The molecule has 22 heavy (non-hydrogen) atoms. The third kappa shape index (κ3) is 1.94. The van der Waals surface area contributed by atoms with Gasteiger partial charge in [0.2, 0.25) is 5.90 Å². The molecule has 1 N–H and O–H groups in total. The van der Waals surface area contributed by atoms with Crippen molar-refractivity contribution < 1.29 is 14.3 Å². The summed E-state index contributed by atoms with van der Waals surface area (Å²) in [7, 11) is 0. The Morgan fingerprint density at radius 1 is 1.32 bits per heavy atom. The van der Waals surface area contributed by atoms with E-state index in [2.05, 4.69) is 24.4 Å². The second-order valence-corrected chi connectivity index (χ2v) is 7.76. The number of hydrogen-bond donors (Lipinski definition) is 1. The van der Waals surface area contributed by atoms with Crippen molar-refractivity contribution in [1.82, 2.24) is 5.43 Å². The SMILES string of the molecule is CC1(C)CC(=O)C2=C(C1)OC1=NNC(=O)C1C2c1cccs1. The number of ether oxygens (including phenoxy) is 1. The van der Waals surface area contributed by atoms with Crippen LogP contribution < -0.4 is 5.43 Å². The summed E-state index contributed by atoms with van der Waals surface area (Å²) >= 11 is 1.56. The largest absolute Gasteiger partial charge is 0.444 e. The van der Waals surface area contributed by atoms with Gasteiger partial charge in [0, 0.05) is 29.2 Å². The summed E-state index contributed by atoms with van der Waals surface area (Å²) in [6, 6.07) is 3.91. The van der Waals surface area contributed by atoms with Gasteiger partial charge in [-0.25, -0.2) is 5.43 Å². The smallest absolute Gasteiger partial charge is 0.253 e. The van der Waals surface area contributed by atoms with E-state index in [0.717, 1.165) is 4.88 Å². The van der Waals surface area contributed by atoms with Crippen LogP contribution in [0.5, 0.6) is 0 Å². The van der Waals surface area contributed by atoms with Crippen LogP contribution in [-0.4, -0.2) is 17.6 Å². The maximum absolute atomic E-state index is 12.7. The lowest BCUT2D eigenvalue weighted by Gasteiger charge is -2.38. The summed E-state index contributed by atoms with van der Waals surface area (Å²) < 4.78 is 5.85. The molecule has 0 aromatic carbocycles. The number of rotatable bonds is 1. The molecule has 1 amide bonds. The molecular weight excluding hydrogens is 300 g/mol. The van der Waals surface area contributed by atoms with E-state index >= 15 is 0 Å². The average molecular weight is 316 g/mol. The van der Waals surface area contributed by atoms with Gasteiger partial charge in [0.25, 0.3) is 5.91 Å². The molecule has 6 heteroatoms. The van der Waals surface area contributed by atoms with Crippen molar-refractivity contribution in [3.8, 4) is 0 Å². The number of Topliss-reactive ketones (excluding diaryl/α,β-unsaturated/α-hetero) is 1. The van der Waals surface area contributed by atoms with Gasteiger partial charge in [0.1, 0.15) is 11.7 Å². The summed E-state index contributed by atoms with van der Waals surface area (Å²) in [6.07, 6.45) is 1.17. The van der Waals surface area contributed by atoms with Crippen LogP contribution in [0, 0.1) is 11.3 Å². The molecule has 3 heterocycles. The van der Waals surface area contributed by atoms with Gasteiger partial charge in [-0.2, -0.15) is 0 Å². The van der Waals surface area contributed by atoms with Gasteiger partial charge in [-0.05, 0) is 16.9 Å². The standard InChI is InChI=1S/C16H16N2O3S/c1-16(2)6-8(19)11-9(7-16)21-15-13(14(20)17-18-15)12(11)10-4-3-5-22-10/h3-5,12-13H,6-7H2,1-2H3,(H,17,20). The van der Waals surface area contributed by atoms with Gasteiger partial charge < -0.3 is 4.74 Å². The van der Waals surface area contributed by atoms with Crippen LogP contribution in [0.4, 0.5) is 0 Å². The number of thiophene rings is 1. The molecule has 2 aliphatic heterocycles. The molecule has 0 fully saturated rings. The van der Waals surface area contributed by atoms with Crippen molar-refractivity contribution in [3.63, 3.8) is 0 Å². The Balaban J connectivity index is 1.89. The lowest BCUT2D eigenvalue weighted by Crippen LogP contribution is -2.40. The van der Waals surface area contributed by atoms with Crippen molar-refractivity contribution in [2.45, 2.75) is 32.6 Å². The van der Waals surface area contributed by atoms with E-state index in [4.69, 9.17) is 4.74 Å². The number of hydrogen-bond acceptors (Lipinski definition) is 5. The van der Waals surface area contributed by atoms with Crippen LogP contribution in [0.25, 0.3) is 0 Å². The van der Waals surface area contributed by atoms with E-state index < -0.39 is 5.92 Å². The van der Waals surface area contributed by atoms with Crippen LogP contribution in [-0.2, 0) is 14.3 Å². The molecule has 1 aromatic heterocycles. The molecule has 0 spiro atoms. The third-order valence-electron chi connectivity index (χ3n) is 4.43. The van der Waals surface area contributed by atoms with Gasteiger partial charge in [0.15, 0.2) is 5.78 Å². The minimum absolute atomic E-state index is 0.0865.